The zero-order valence-electron chi connectivity index (χ0n) is 15.0. The number of aryl methyl sites for hydroxylation is 1. The largest absolute Gasteiger partial charge is 0.494 e. The van der Waals surface area contributed by atoms with Crippen molar-refractivity contribution in [2.75, 3.05) is 18.5 Å². The summed E-state index contributed by atoms with van der Waals surface area (Å²) in [6.07, 6.45) is 2.48. The summed E-state index contributed by atoms with van der Waals surface area (Å²) in [7, 11) is 0. The van der Waals surface area contributed by atoms with Crippen LogP contribution < -0.4 is 4.74 Å². The van der Waals surface area contributed by atoms with E-state index >= 15 is 0 Å². The Hall–Kier alpha value is -2.01. The molecule has 0 saturated carbocycles. The van der Waals surface area contributed by atoms with Crippen LogP contribution in [0.3, 0.4) is 0 Å². The van der Waals surface area contributed by atoms with Crippen molar-refractivity contribution in [3.05, 3.63) is 42.5 Å². The molecule has 138 valence electrons. The van der Waals surface area contributed by atoms with Gasteiger partial charge in [0, 0.05) is 34.2 Å². The Morgan fingerprint density at radius 3 is 2.69 bits per heavy atom. The zero-order chi connectivity index (χ0) is 18.4. The van der Waals surface area contributed by atoms with Crippen LogP contribution in [0.5, 0.6) is 5.75 Å². The maximum atomic E-state index is 11.8. The first kappa shape index (κ1) is 18.8. The van der Waals surface area contributed by atoms with E-state index in [0.29, 0.717) is 26.2 Å². The van der Waals surface area contributed by atoms with E-state index in [1.807, 2.05) is 25.1 Å². The van der Waals surface area contributed by atoms with Crippen LogP contribution in [0.15, 0.2) is 42.5 Å². The lowest BCUT2D eigenvalue weighted by atomic mass is 10.1. The highest BCUT2D eigenvalue weighted by Crippen LogP contribution is 2.31. The summed E-state index contributed by atoms with van der Waals surface area (Å²) in [5, 5.41) is 3.37. The van der Waals surface area contributed by atoms with Crippen molar-refractivity contribution in [1.29, 1.82) is 0 Å². The number of carbonyl (C=O) groups is 1. The minimum absolute atomic E-state index is 0.166. The zero-order valence-corrected chi connectivity index (χ0v) is 16.6. The number of alkyl halides is 1. The summed E-state index contributed by atoms with van der Waals surface area (Å²) in [5.74, 6) is 0.702. The maximum absolute atomic E-state index is 11.8. The standard InChI is InChI=1S/C21H24BrNO3/c1-2-25-21(24)11-13-23-19-8-4-3-7-17(19)18-10-9-16(15-20(18)23)26-14-6-5-12-22/h3-4,7-10,15H,2,5-6,11-14H2,1H3. The maximum Gasteiger partial charge on any atom is 0.307 e. The van der Waals surface area contributed by atoms with Crippen molar-refractivity contribution in [3.8, 4) is 5.75 Å². The Morgan fingerprint density at radius 2 is 1.88 bits per heavy atom. The fourth-order valence-corrected chi connectivity index (χ4v) is 3.58. The van der Waals surface area contributed by atoms with Crippen LogP contribution in [0, 0.1) is 0 Å². The highest BCUT2D eigenvalue weighted by molar-refractivity contribution is 9.09. The summed E-state index contributed by atoms with van der Waals surface area (Å²) in [6.45, 7) is 3.55. The van der Waals surface area contributed by atoms with Gasteiger partial charge in [0.15, 0.2) is 0 Å². The number of aromatic nitrogens is 1. The molecular weight excluding hydrogens is 394 g/mol. The van der Waals surface area contributed by atoms with Gasteiger partial charge in [-0.05, 0) is 38.0 Å². The topological polar surface area (TPSA) is 40.5 Å². The molecule has 0 aliphatic rings. The number of fused-ring (bicyclic) bond motifs is 3. The van der Waals surface area contributed by atoms with Crippen LogP contribution >= 0.6 is 15.9 Å². The van der Waals surface area contributed by atoms with Crippen molar-refractivity contribution in [2.24, 2.45) is 0 Å². The van der Waals surface area contributed by atoms with Gasteiger partial charge in [-0.3, -0.25) is 4.79 Å². The second kappa shape index (κ2) is 9.08. The fraction of sp³-hybridized carbons (Fsp3) is 0.381. The summed E-state index contributed by atoms with van der Waals surface area (Å²) in [6, 6.07) is 14.5. The first-order valence-electron chi connectivity index (χ1n) is 9.10. The van der Waals surface area contributed by atoms with E-state index in [2.05, 4.69) is 44.8 Å². The van der Waals surface area contributed by atoms with Crippen LogP contribution in [0.25, 0.3) is 21.8 Å². The molecule has 0 radical (unpaired) electrons. The van der Waals surface area contributed by atoms with Crippen molar-refractivity contribution in [1.82, 2.24) is 4.57 Å². The third kappa shape index (κ3) is 4.21. The molecule has 0 spiro atoms. The second-order valence-electron chi connectivity index (χ2n) is 6.15. The predicted molar refractivity (Wildman–Crippen MR) is 109 cm³/mol. The minimum Gasteiger partial charge on any atom is -0.494 e. The molecule has 3 rings (SSSR count). The van der Waals surface area contributed by atoms with Gasteiger partial charge < -0.3 is 14.0 Å². The number of nitrogens with zero attached hydrogens (tertiary/aromatic N) is 1. The first-order chi connectivity index (χ1) is 12.7. The number of halogens is 1. The van der Waals surface area contributed by atoms with Crippen LogP contribution in [0.1, 0.15) is 26.2 Å². The number of para-hydroxylation sites is 1. The Morgan fingerprint density at radius 1 is 1.08 bits per heavy atom. The van der Waals surface area contributed by atoms with Gasteiger partial charge in [0.2, 0.25) is 0 Å². The highest BCUT2D eigenvalue weighted by Gasteiger charge is 2.13. The monoisotopic (exact) mass is 417 g/mol. The van der Waals surface area contributed by atoms with Crippen LogP contribution in [-0.2, 0) is 16.1 Å². The second-order valence-corrected chi connectivity index (χ2v) is 6.94. The quantitative estimate of drug-likeness (QED) is 0.269. The van der Waals surface area contributed by atoms with Crippen LogP contribution in [0.2, 0.25) is 0 Å². The van der Waals surface area contributed by atoms with Crippen molar-refractivity contribution < 1.29 is 14.3 Å². The number of rotatable bonds is 9. The molecule has 4 nitrogen and oxygen atoms in total. The molecule has 5 heteroatoms. The van der Waals surface area contributed by atoms with Crippen molar-refractivity contribution in [3.63, 3.8) is 0 Å². The van der Waals surface area contributed by atoms with Gasteiger partial charge in [-0.25, -0.2) is 0 Å². The number of esters is 1. The van der Waals surface area contributed by atoms with Crippen molar-refractivity contribution in [2.45, 2.75) is 32.7 Å². The molecule has 1 aromatic heterocycles. The minimum atomic E-state index is -0.166. The molecule has 2 aromatic carbocycles. The Labute approximate surface area is 162 Å². The lowest BCUT2D eigenvalue weighted by Gasteiger charge is -2.09. The van der Waals surface area contributed by atoms with Gasteiger partial charge >= 0.3 is 5.97 Å². The molecule has 0 atom stereocenters. The summed E-state index contributed by atoms with van der Waals surface area (Å²) < 4.78 is 13.2. The average Bonchev–Trinajstić information content (AvgIpc) is 2.97. The van der Waals surface area contributed by atoms with E-state index in [9.17, 15) is 4.79 Å². The van der Waals surface area contributed by atoms with Gasteiger partial charge in [-0.1, -0.05) is 34.1 Å². The number of carbonyl (C=O) groups excluding carboxylic acids is 1. The first-order valence-corrected chi connectivity index (χ1v) is 10.2. The summed E-state index contributed by atoms with van der Waals surface area (Å²) in [5.41, 5.74) is 2.22. The van der Waals surface area contributed by atoms with Gasteiger partial charge in [0.25, 0.3) is 0 Å². The molecule has 0 unspecified atom stereocenters. The predicted octanol–water partition coefficient (Wildman–Crippen LogP) is 5.30. The van der Waals surface area contributed by atoms with E-state index in [-0.39, 0.29) is 5.97 Å². The number of benzene rings is 2. The van der Waals surface area contributed by atoms with Crippen LogP contribution in [-0.4, -0.2) is 29.1 Å². The Bertz CT molecular complexity index is 887. The number of ether oxygens (including phenoxy) is 2. The molecule has 0 aliphatic heterocycles. The normalized spacial score (nSPS) is 11.2. The van der Waals surface area contributed by atoms with E-state index in [1.54, 1.807) is 0 Å². The van der Waals surface area contributed by atoms with Gasteiger partial charge in [-0.15, -0.1) is 0 Å². The SMILES string of the molecule is CCOC(=O)CCn1c2ccccc2c2ccc(OCCCCBr)cc21. The molecule has 0 bridgehead atoms. The summed E-state index contributed by atoms with van der Waals surface area (Å²) >= 11 is 3.44. The lowest BCUT2D eigenvalue weighted by Crippen LogP contribution is -2.08. The van der Waals surface area contributed by atoms with Gasteiger partial charge in [0.05, 0.1) is 25.2 Å². The van der Waals surface area contributed by atoms with Gasteiger partial charge in [0.1, 0.15) is 5.75 Å². The molecule has 0 aliphatic carbocycles. The molecule has 0 fully saturated rings. The molecule has 0 saturated heterocycles. The van der Waals surface area contributed by atoms with Crippen molar-refractivity contribution >= 4 is 43.7 Å². The van der Waals surface area contributed by atoms with Crippen LogP contribution in [0.4, 0.5) is 0 Å². The highest BCUT2D eigenvalue weighted by atomic mass is 79.9. The Kier molecular flexibility index (Phi) is 6.56. The fourth-order valence-electron chi connectivity index (χ4n) is 3.18. The molecule has 1 heterocycles. The number of hydrogen-bond donors (Lipinski definition) is 0. The molecule has 3 aromatic rings. The third-order valence-electron chi connectivity index (χ3n) is 4.39. The summed E-state index contributed by atoms with van der Waals surface area (Å²) in [4.78, 5) is 11.8. The number of unbranched alkanes of at least 4 members (excludes halogenated alkanes) is 1. The smallest absolute Gasteiger partial charge is 0.307 e. The lowest BCUT2D eigenvalue weighted by molar-refractivity contribution is -0.143. The van der Waals surface area contributed by atoms with Gasteiger partial charge in [-0.2, -0.15) is 0 Å². The molecule has 0 amide bonds. The van der Waals surface area contributed by atoms with E-state index in [0.717, 1.165) is 35.0 Å². The van der Waals surface area contributed by atoms with E-state index in [1.165, 1.54) is 10.8 Å². The molecular formula is C21H24BrNO3. The van der Waals surface area contributed by atoms with E-state index < -0.39 is 0 Å². The molecule has 0 N–H and O–H groups in total. The van der Waals surface area contributed by atoms with E-state index in [4.69, 9.17) is 9.47 Å². The number of hydrogen-bond acceptors (Lipinski definition) is 3. The average molecular weight is 418 g/mol. The third-order valence-corrected chi connectivity index (χ3v) is 4.95. The Balaban J connectivity index is 1.91. The molecule has 26 heavy (non-hydrogen) atoms.